The number of hydrogen-bond acceptors (Lipinski definition) is 3. The monoisotopic (exact) mass is 465 g/mol. The molecule has 0 saturated carbocycles. The van der Waals surface area contributed by atoms with E-state index in [9.17, 15) is 5.26 Å². The van der Waals surface area contributed by atoms with E-state index in [-0.39, 0.29) is 5.41 Å². The molecule has 2 aromatic carbocycles. The molecule has 1 atom stereocenters. The Balaban J connectivity index is 1.53. The van der Waals surface area contributed by atoms with E-state index in [1.807, 2.05) is 6.21 Å². The van der Waals surface area contributed by atoms with Gasteiger partial charge in [-0.3, -0.25) is 0 Å². The summed E-state index contributed by atoms with van der Waals surface area (Å²) in [6.45, 7) is 9.98. The number of rotatable bonds is 4. The minimum absolute atomic E-state index is 0.287. The van der Waals surface area contributed by atoms with Crippen molar-refractivity contribution in [2.45, 2.75) is 53.5 Å². The minimum Gasteiger partial charge on any atom is -0.340 e. The lowest BCUT2D eigenvalue weighted by Crippen LogP contribution is -2.26. The predicted molar refractivity (Wildman–Crippen MR) is 143 cm³/mol. The Morgan fingerprint density at radius 1 is 1.12 bits per heavy atom. The van der Waals surface area contributed by atoms with Gasteiger partial charge in [0.1, 0.15) is 11.1 Å². The summed E-state index contributed by atoms with van der Waals surface area (Å²) in [5.74, 6) is 0.653. The zero-order chi connectivity index (χ0) is 23.9. The Labute approximate surface area is 206 Å². The molecular weight excluding hydrogens is 434 g/mol. The predicted octanol–water partition coefficient (Wildman–Crippen LogP) is 7.83. The number of aliphatic imine (C=N–C) groups is 1. The van der Waals surface area contributed by atoms with Crippen molar-refractivity contribution in [2.75, 3.05) is 0 Å². The lowest BCUT2D eigenvalue weighted by Gasteiger charge is -2.33. The zero-order valence-electron chi connectivity index (χ0n) is 20.4. The first-order chi connectivity index (χ1) is 16.4. The summed E-state index contributed by atoms with van der Waals surface area (Å²) < 4.78 is 2.37. The second kappa shape index (κ2) is 8.89. The maximum absolute atomic E-state index is 9.96. The second-order valence-corrected chi connectivity index (χ2v) is 11.5. The largest absolute Gasteiger partial charge is 0.340 e. The van der Waals surface area contributed by atoms with E-state index in [1.54, 1.807) is 11.3 Å². The number of nitrogens with zero attached hydrogens (tertiary/aromatic N) is 3. The summed E-state index contributed by atoms with van der Waals surface area (Å²) in [4.78, 5) is 6.29. The summed E-state index contributed by atoms with van der Waals surface area (Å²) in [7, 11) is 0. The van der Waals surface area contributed by atoms with Crippen LogP contribution in [0.4, 0.5) is 5.00 Å². The van der Waals surface area contributed by atoms with Gasteiger partial charge in [0.2, 0.25) is 0 Å². The highest BCUT2D eigenvalue weighted by molar-refractivity contribution is 7.16. The van der Waals surface area contributed by atoms with E-state index in [0.29, 0.717) is 5.92 Å². The van der Waals surface area contributed by atoms with Crippen LogP contribution in [0.3, 0.4) is 0 Å². The Hall–Kier alpha value is -3.16. The molecule has 172 valence electrons. The van der Waals surface area contributed by atoms with E-state index in [2.05, 4.69) is 92.9 Å². The average Bonchev–Trinajstić information content (AvgIpc) is 3.31. The van der Waals surface area contributed by atoms with Crippen LogP contribution in [0.15, 0.2) is 59.6 Å². The molecule has 0 unspecified atom stereocenters. The molecule has 0 spiro atoms. The molecule has 4 heteroatoms. The normalized spacial score (nSPS) is 16.1. The topological polar surface area (TPSA) is 41.1 Å². The third-order valence-electron chi connectivity index (χ3n) is 7.36. The van der Waals surface area contributed by atoms with Crippen LogP contribution in [0.2, 0.25) is 0 Å². The number of thiophene rings is 1. The average molecular weight is 466 g/mol. The van der Waals surface area contributed by atoms with Crippen molar-refractivity contribution in [2.24, 2.45) is 16.3 Å². The Morgan fingerprint density at radius 2 is 1.85 bits per heavy atom. The number of hydrogen-bond donors (Lipinski definition) is 0. The fraction of sp³-hybridized carbons (Fsp3) is 0.333. The Kier molecular flexibility index (Phi) is 5.91. The third-order valence-corrected chi connectivity index (χ3v) is 8.52. The van der Waals surface area contributed by atoms with E-state index in [4.69, 9.17) is 4.99 Å². The van der Waals surface area contributed by atoms with Gasteiger partial charge in [-0.1, -0.05) is 69.3 Å². The van der Waals surface area contributed by atoms with Crippen LogP contribution < -0.4 is 0 Å². The molecule has 0 aliphatic heterocycles. The van der Waals surface area contributed by atoms with Gasteiger partial charge in [0, 0.05) is 39.8 Å². The molecule has 34 heavy (non-hydrogen) atoms. The first kappa shape index (κ1) is 22.6. The van der Waals surface area contributed by atoms with Crippen molar-refractivity contribution >= 4 is 33.5 Å². The highest BCUT2D eigenvalue weighted by Crippen LogP contribution is 2.45. The number of para-hydroxylation sites is 1. The molecule has 0 bridgehead atoms. The van der Waals surface area contributed by atoms with Crippen molar-refractivity contribution in [3.63, 3.8) is 0 Å². The molecule has 3 nitrogen and oxygen atoms in total. The van der Waals surface area contributed by atoms with Crippen molar-refractivity contribution in [1.82, 2.24) is 4.57 Å². The van der Waals surface area contributed by atoms with Gasteiger partial charge in [-0.25, -0.2) is 4.99 Å². The van der Waals surface area contributed by atoms with Crippen molar-refractivity contribution in [3.8, 4) is 6.07 Å². The van der Waals surface area contributed by atoms with Gasteiger partial charge in [0.15, 0.2) is 0 Å². The fourth-order valence-electron chi connectivity index (χ4n) is 5.23. The molecule has 0 N–H and O–H groups in total. The van der Waals surface area contributed by atoms with Crippen molar-refractivity contribution in [3.05, 3.63) is 87.4 Å². The maximum Gasteiger partial charge on any atom is 0.134 e. The standard InChI is InChI=1S/C30H31N3S/c1-20-26(23-12-8-9-13-27(23)33(20)19-21-10-6-5-7-11-21)18-32-29-25(17-31)24-15-14-22(30(2,3)4)16-28(24)34-29/h5-13,18,22H,14-16,19H2,1-4H3/t22-/m0/s1. The lowest BCUT2D eigenvalue weighted by molar-refractivity contribution is 0.218. The molecule has 1 aliphatic rings. The van der Waals surface area contributed by atoms with Gasteiger partial charge in [-0.05, 0) is 54.7 Å². The summed E-state index contributed by atoms with van der Waals surface area (Å²) in [5, 5.41) is 12.0. The van der Waals surface area contributed by atoms with Crippen LogP contribution in [-0.2, 0) is 19.4 Å². The smallest absolute Gasteiger partial charge is 0.134 e. The molecule has 0 fully saturated rings. The molecule has 4 aromatic rings. The first-order valence-corrected chi connectivity index (χ1v) is 12.9. The van der Waals surface area contributed by atoms with Crippen LogP contribution in [-0.4, -0.2) is 10.8 Å². The maximum atomic E-state index is 9.96. The van der Waals surface area contributed by atoms with E-state index < -0.39 is 0 Å². The van der Waals surface area contributed by atoms with Gasteiger partial charge < -0.3 is 4.57 Å². The number of nitriles is 1. The van der Waals surface area contributed by atoms with Crippen molar-refractivity contribution < 1.29 is 0 Å². The molecule has 0 saturated heterocycles. The summed E-state index contributed by atoms with van der Waals surface area (Å²) in [6, 6.07) is 21.6. The molecule has 2 heterocycles. The Morgan fingerprint density at radius 3 is 2.59 bits per heavy atom. The van der Waals surface area contributed by atoms with Gasteiger partial charge in [0.05, 0.1) is 5.56 Å². The summed E-state index contributed by atoms with van der Waals surface area (Å²) in [5.41, 5.74) is 7.13. The van der Waals surface area contributed by atoms with Crippen LogP contribution in [0.5, 0.6) is 0 Å². The van der Waals surface area contributed by atoms with Crippen molar-refractivity contribution in [1.29, 1.82) is 5.26 Å². The molecule has 1 aliphatic carbocycles. The minimum atomic E-state index is 0.287. The quantitative estimate of drug-likeness (QED) is 0.283. The van der Waals surface area contributed by atoms with Gasteiger partial charge in [-0.15, -0.1) is 11.3 Å². The van der Waals surface area contributed by atoms with E-state index >= 15 is 0 Å². The molecule has 5 rings (SSSR count). The van der Waals surface area contributed by atoms with Crippen LogP contribution in [0.1, 0.15) is 60.0 Å². The SMILES string of the molecule is Cc1c(C=Nc2sc3c(c2C#N)CC[C@H](C(C)(C)C)C3)c2ccccc2n1Cc1ccccc1. The second-order valence-electron chi connectivity index (χ2n) is 10.4. The van der Waals surface area contributed by atoms with Crippen LogP contribution in [0, 0.1) is 29.6 Å². The number of benzene rings is 2. The van der Waals surface area contributed by atoms with E-state index in [1.165, 1.54) is 32.6 Å². The first-order valence-electron chi connectivity index (χ1n) is 12.1. The third kappa shape index (κ3) is 4.10. The number of fused-ring (bicyclic) bond motifs is 2. The zero-order valence-corrected chi connectivity index (χ0v) is 21.2. The highest BCUT2D eigenvalue weighted by Gasteiger charge is 2.32. The number of aromatic nitrogens is 1. The molecule has 2 aromatic heterocycles. The fourth-order valence-corrected chi connectivity index (χ4v) is 6.45. The van der Waals surface area contributed by atoms with Gasteiger partial charge in [-0.2, -0.15) is 5.26 Å². The summed E-state index contributed by atoms with van der Waals surface area (Å²) >= 11 is 1.72. The molecule has 0 amide bonds. The van der Waals surface area contributed by atoms with Gasteiger partial charge >= 0.3 is 0 Å². The van der Waals surface area contributed by atoms with Gasteiger partial charge in [0.25, 0.3) is 0 Å². The van der Waals surface area contributed by atoms with Crippen LogP contribution >= 0.6 is 11.3 Å². The lowest BCUT2D eigenvalue weighted by atomic mass is 9.72. The highest BCUT2D eigenvalue weighted by atomic mass is 32.1. The van der Waals surface area contributed by atoms with E-state index in [0.717, 1.165) is 41.9 Å². The Bertz CT molecular complexity index is 1410. The molecular formula is C30H31N3S. The van der Waals surface area contributed by atoms with Crippen LogP contribution in [0.25, 0.3) is 10.9 Å². The molecule has 0 radical (unpaired) electrons. The summed E-state index contributed by atoms with van der Waals surface area (Å²) in [6.07, 6.45) is 5.18.